The van der Waals surface area contributed by atoms with Crippen molar-refractivity contribution in [1.29, 1.82) is 0 Å². The summed E-state index contributed by atoms with van der Waals surface area (Å²) in [5.41, 5.74) is 2.16. The van der Waals surface area contributed by atoms with Gasteiger partial charge in [-0.05, 0) is 45.8 Å². The van der Waals surface area contributed by atoms with Crippen LogP contribution >= 0.6 is 27.5 Å². The minimum Gasteiger partial charge on any atom is -0.491 e. The highest BCUT2D eigenvalue weighted by Gasteiger charge is 2.00. The molecule has 0 heterocycles. The predicted molar refractivity (Wildman–Crippen MR) is 90.3 cm³/mol. The van der Waals surface area contributed by atoms with Gasteiger partial charge in [-0.3, -0.25) is 0 Å². The van der Waals surface area contributed by atoms with Crippen molar-refractivity contribution in [2.45, 2.75) is 6.54 Å². The Morgan fingerprint density at radius 3 is 2.76 bits per heavy atom. The molecule has 0 aliphatic rings. The van der Waals surface area contributed by atoms with Gasteiger partial charge in [0.25, 0.3) is 0 Å². The smallest absolute Gasteiger partial charge is 0.121 e. The monoisotopic (exact) mass is 369 g/mol. The molecule has 112 valence electrons. The molecule has 2 rings (SSSR count). The molecule has 3 nitrogen and oxygen atoms in total. The first-order valence-electron chi connectivity index (χ1n) is 6.58. The average Bonchev–Trinajstić information content (AvgIpc) is 2.49. The summed E-state index contributed by atoms with van der Waals surface area (Å²) in [6.45, 7) is 1.85. The largest absolute Gasteiger partial charge is 0.491 e. The number of anilines is 1. The van der Waals surface area contributed by atoms with E-state index in [0.717, 1.165) is 28.0 Å². The normalized spacial score (nSPS) is 10.4. The van der Waals surface area contributed by atoms with E-state index in [4.69, 9.17) is 21.1 Å². The standard InChI is InChI=1S/C16H17BrClNO2/c1-20-7-8-21-14-4-2-3-13(10-14)19-11-12-5-6-16(18)15(17)9-12/h2-6,9-10,19H,7-8,11H2,1H3. The SMILES string of the molecule is COCCOc1cccc(NCc2ccc(Cl)c(Br)c2)c1. The Hall–Kier alpha value is -1.23. The van der Waals surface area contributed by atoms with Crippen LogP contribution < -0.4 is 10.1 Å². The van der Waals surface area contributed by atoms with Gasteiger partial charge >= 0.3 is 0 Å². The molecule has 0 aromatic heterocycles. The lowest BCUT2D eigenvalue weighted by Gasteiger charge is -2.10. The van der Waals surface area contributed by atoms with Crippen molar-refractivity contribution >= 4 is 33.2 Å². The molecule has 0 unspecified atom stereocenters. The quantitative estimate of drug-likeness (QED) is 0.714. The summed E-state index contributed by atoms with van der Waals surface area (Å²) < 4.78 is 11.5. The van der Waals surface area contributed by atoms with Gasteiger partial charge in [0.15, 0.2) is 0 Å². The lowest BCUT2D eigenvalue weighted by atomic mass is 10.2. The third-order valence-electron chi connectivity index (χ3n) is 2.87. The first kappa shape index (κ1) is 16.1. The van der Waals surface area contributed by atoms with Crippen molar-refractivity contribution in [1.82, 2.24) is 0 Å². The number of nitrogens with one attached hydrogen (secondary N) is 1. The molecule has 0 spiro atoms. The molecule has 0 aliphatic heterocycles. The summed E-state index contributed by atoms with van der Waals surface area (Å²) in [6, 6.07) is 13.8. The molecule has 0 bridgehead atoms. The van der Waals surface area contributed by atoms with Crippen molar-refractivity contribution in [3.63, 3.8) is 0 Å². The zero-order chi connectivity index (χ0) is 15.1. The lowest BCUT2D eigenvalue weighted by Crippen LogP contribution is -2.05. The van der Waals surface area contributed by atoms with Crippen molar-refractivity contribution in [2.75, 3.05) is 25.6 Å². The van der Waals surface area contributed by atoms with Gasteiger partial charge in [0.2, 0.25) is 0 Å². The van der Waals surface area contributed by atoms with E-state index in [-0.39, 0.29) is 0 Å². The van der Waals surface area contributed by atoms with E-state index in [9.17, 15) is 0 Å². The fraction of sp³-hybridized carbons (Fsp3) is 0.250. The third kappa shape index (κ3) is 5.23. The predicted octanol–water partition coefficient (Wildman–Crippen LogP) is 4.74. The minimum atomic E-state index is 0.546. The number of hydrogen-bond acceptors (Lipinski definition) is 3. The molecule has 2 aromatic rings. The summed E-state index contributed by atoms with van der Waals surface area (Å²) in [6.07, 6.45) is 0. The maximum Gasteiger partial charge on any atom is 0.121 e. The van der Waals surface area contributed by atoms with E-state index in [2.05, 4.69) is 21.2 Å². The maximum atomic E-state index is 5.98. The topological polar surface area (TPSA) is 30.5 Å². The van der Waals surface area contributed by atoms with Crippen LogP contribution in [-0.2, 0) is 11.3 Å². The van der Waals surface area contributed by atoms with E-state index in [1.807, 2.05) is 42.5 Å². The summed E-state index contributed by atoms with van der Waals surface area (Å²) >= 11 is 9.41. The Kier molecular flexibility index (Phi) is 6.36. The Morgan fingerprint density at radius 2 is 2.00 bits per heavy atom. The molecule has 21 heavy (non-hydrogen) atoms. The molecule has 2 aromatic carbocycles. The molecule has 0 amide bonds. The Bertz CT molecular complexity index is 592. The molecule has 0 saturated heterocycles. The molecule has 5 heteroatoms. The van der Waals surface area contributed by atoms with E-state index in [0.29, 0.717) is 18.2 Å². The molecule has 0 saturated carbocycles. The molecule has 0 aliphatic carbocycles. The number of ether oxygens (including phenoxy) is 2. The second kappa shape index (κ2) is 8.27. The molecular weight excluding hydrogens is 354 g/mol. The van der Waals surface area contributed by atoms with E-state index in [1.54, 1.807) is 7.11 Å². The molecule has 0 atom stereocenters. The summed E-state index contributed by atoms with van der Waals surface area (Å²) in [5, 5.41) is 4.08. The van der Waals surface area contributed by atoms with Gasteiger partial charge in [-0.1, -0.05) is 23.7 Å². The van der Waals surface area contributed by atoms with Gasteiger partial charge in [0, 0.05) is 29.9 Å². The summed E-state index contributed by atoms with van der Waals surface area (Å²) in [5.74, 6) is 0.828. The number of methoxy groups -OCH3 is 1. The fourth-order valence-electron chi connectivity index (χ4n) is 1.79. The van der Waals surface area contributed by atoms with Crippen molar-refractivity contribution < 1.29 is 9.47 Å². The number of hydrogen-bond donors (Lipinski definition) is 1. The van der Waals surface area contributed by atoms with Crippen LogP contribution in [-0.4, -0.2) is 20.3 Å². The highest BCUT2D eigenvalue weighted by molar-refractivity contribution is 9.10. The highest BCUT2D eigenvalue weighted by atomic mass is 79.9. The van der Waals surface area contributed by atoms with Crippen LogP contribution in [0.15, 0.2) is 46.9 Å². The highest BCUT2D eigenvalue weighted by Crippen LogP contribution is 2.24. The first-order valence-corrected chi connectivity index (χ1v) is 7.76. The van der Waals surface area contributed by atoms with Crippen LogP contribution in [0, 0.1) is 0 Å². The van der Waals surface area contributed by atoms with Crippen LogP contribution in [0.5, 0.6) is 5.75 Å². The van der Waals surface area contributed by atoms with Crippen LogP contribution in [0.2, 0.25) is 5.02 Å². The van der Waals surface area contributed by atoms with Crippen molar-refractivity contribution in [2.24, 2.45) is 0 Å². The third-order valence-corrected chi connectivity index (χ3v) is 4.08. The minimum absolute atomic E-state index is 0.546. The van der Waals surface area contributed by atoms with E-state index < -0.39 is 0 Å². The second-order valence-electron chi connectivity index (χ2n) is 4.47. The van der Waals surface area contributed by atoms with Crippen LogP contribution in [0.1, 0.15) is 5.56 Å². The van der Waals surface area contributed by atoms with Gasteiger partial charge in [0.1, 0.15) is 12.4 Å². The average molecular weight is 371 g/mol. The van der Waals surface area contributed by atoms with E-state index in [1.165, 1.54) is 0 Å². The number of rotatable bonds is 7. The van der Waals surface area contributed by atoms with Gasteiger partial charge in [-0.25, -0.2) is 0 Å². The Labute approximate surface area is 138 Å². The maximum absolute atomic E-state index is 5.98. The van der Waals surface area contributed by atoms with Crippen LogP contribution in [0.4, 0.5) is 5.69 Å². The van der Waals surface area contributed by atoms with Crippen molar-refractivity contribution in [3.05, 3.63) is 57.5 Å². The molecule has 0 radical (unpaired) electrons. The zero-order valence-corrected chi connectivity index (χ0v) is 14.1. The fourth-order valence-corrected chi connectivity index (χ4v) is 2.34. The van der Waals surface area contributed by atoms with Gasteiger partial charge in [-0.2, -0.15) is 0 Å². The number of benzene rings is 2. The Morgan fingerprint density at radius 1 is 1.14 bits per heavy atom. The van der Waals surface area contributed by atoms with Gasteiger partial charge in [-0.15, -0.1) is 0 Å². The molecular formula is C16H17BrClNO2. The second-order valence-corrected chi connectivity index (χ2v) is 5.73. The Balaban J connectivity index is 1.93. The number of halogens is 2. The molecule has 1 N–H and O–H groups in total. The van der Waals surface area contributed by atoms with E-state index >= 15 is 0 Å². The van der Waals surface area contributed by atoms with Crippen molar-refractivity contribution in [3.8, 4) is 5.75 Å². The van der Waals surface area contributed by atoms with Crippen LogP contribution in [0.25, 0.3) is 0 Å². The van der Waals surface area contributed by atoms with Gasteiger partial charge < -0.3 is 14.8 Å². The van der Waals surface area contributed by atoms with Gasteiger partial charge in [0.05, 0.1) is 11.6 Å². The summed E-state index contributed by atoms with van der Waals surface area (Å²) in [4.78, 5) is 0. The van der Waals surface area contributed by atoms with Crippen LogP contribution in [0.3, 0.4) is 0 Å². The summed E-state index contributed by atoms with van der Waals surface area (Å²) in [7, 11) is 1.66. The molecule has 0 fully saturated rings. The lowest BCUT2D eigenvalue weighted by molar-refractivity contribution is 0.146. The zero-order valence-electron chi connectivity index (χ0n) is 11.7. The first-order chi connectivity index (χ1) is 10.2.